The fraction of sp³-hybridized carbons (Fsp3) is 0.947. The molecule has 2 saturated heterocycles. The molecule has 7 heteroatoms. The van der Waals surface area contributed by atoms with E-state index in [0.717, 1.165) is 64.7 Å². The van der Waals surface area contributed by atoms with Crippen molar-refractivity contribution in [3.05, 3.63) is 0 Å². The number of rotatable bonds is 5. The summed E-state index contributed by atoms with van der Waals surface area (Å²) in [5.74, 6) is 1.42. The molecule has 2 aliphatic heterocycles. The van der Waals surface area contributed by atoms with Crippen molar-refractivity contribution >= 4 is 29.9 Å². The van der Waals surface area contributed by atoms with Gasteiger partial charge in [0.15, 0.2) is 5.96 Å². The average Bonchev–Trinajstić information content (AvgIpc) is 3.16. The molecule has 26 heavy (non-hydrogen) atoms. The second kappa shape index (κ2) is 11.7. The Labute approximate surface area is 175 Å². The van der Waals surface area contributed by atoms with Gasteiger partial charge < -0.3 is 20.1 Å². The summed E-state index contributed by atoms with van der Waals surface area (Å²) < 4.78 is 5.48. The molecule has 0 aromatic rings. The predicted molar refractivity (Wildman–Crippen MR) is 116 cm³/mol. The number of aliphatic hydroxyl groups excluding tert-OH is 1. The van der Waals surface area contributed by atoms with Gasteiger partial charge in [0.2, 0.25) is 0 Å². The van der Waals surface area contributed by atoms with Gasteiger partial charge in [-0.05, 0) is 32.1 Å². The number of nitrogens with one attached hydrogen (secondary N) is 1. The number of likely N-dealkylation sites (tertiary alicyclic amines) is 1. The zero-order chi connectivity index (χ0) is 17.5. The van der Waals surface area contributed by atoms with E-state index in [1.54, 1.807) is 0 Å². The standard InChI is InChI=1S/C19H36N4O2.HI/c1-2-20-19(21-14-18(24)16-6-4-3-5-7-16)23-9-8-17(15-23)22-10-12-25-13-11-22;/h16-18,24H,2-15H2,1H3,(H,20,21);1H. The molecule has 2 unspecified atom stereocenters. The monoisotopic (exact) mass is 480 g/mol. The number of ether oxygens (including phenoxy) is 1. The number of hydrogen-bond donors (Lipinski definition) is 2. The van der Waals surface area contributed by atoms with Crippen LogP contribution in [0.15, 0.2) is 4.99 Å². The van der Waals surface area contributed by atoms with E-state index in [1.807, 2.05) is 0 Å². The van der Waals surface area contributed by atoms with Crippen molar-refractivity contribution < 1.29 is 9.84 Å². The van der Waals surface area contributed by atoms with Crippen molar-refractivity contribution in [1.82, 2.24) is 15.1 Å². The fourth-order valence-electron chi connectivity index (χ4n) is 4.45. The highest BCUT2D eigenvalue weighted by molar-refractivity contribution is 14.0. The minimum absolute atomic E-state index is 0. The van der Waals surface area contributed by atoms with Gasteiger partial charge in [0.05, 0.1) is 25.9 Å². The number of nitrogens with zero attached hydrogens (tertiary/aromatic N) is 3. The molecular formula is C19H37IN4O2. The highest BCUT2D eigenvalue weighted by Crippen LogP contribution is 2.26. The van der Waals surface area contributed by atoms with Gasteiger partial charge in [-0.25, -0.2) is 0 Å². The Hall–Kier alpha value is -0.120. The van der Waals surface area contributed by atoms with Crippen molar-refractivity contribution in [2.45, 2.75) is 57.6 Å². The number of aliphatic hydroxyl groups is 1. The van der Waals surface area contributed by atoms with Crippen molar-refractivity contribution in [3.8, 4) is 0 Å². The quantitative estimate of drug-likeness (QED) is 0.358. The molecule has 1 saturated carbocycles. The van der Waals surface area contributed by atoms with Gasteiger partial charge in [-0.3, -0.25) is 9.89 Å². The molecule has 2 atom stereocenters. The summed E-state index contributed by atoms with van der Waals surface area (Å²) in [5, 5.41) is 13.9. The van der Waals surface area contributed by atoms with E-state index in [4.69, 9.17) is 9.73 Å². The lowest BCUT2D eigenvalue weighted by Crippen LogP contribution is -2.47. The topological polar surface area (TPSA) is 60.3 Å². The van der Waals surface area contributed by atoms with Gasteiger partial charge in [-0.2, -0.15) is 0 Å². The van der Waals surface area contributed by atoms with Crippen LogP contribution < -0.4 is 5.32 Å². The zero-order valence-corrected chi connectivity index (χ0v) is 18.6. The molecule has 0 aromatic carbocycles. The smallest absolute Gasteiger partial charge is 0.194 e. The largest absolute Gasteiger partial charge is 0.391 e. The minimum atomic E-state index is -0.286. The molecule has 0 amide bonds. The van der Waals surface area contributed by atoms with E-state index < -0.39 is 0 Å². The lowest BCUT2D eigenvalue weighted by atomic mass is 9.85. The molecule has 3 rings (SSSR count). The van der Waals surface area contributed by atoms with Crippen LogP contribution in [0.1, 0.15) is 45.4 Å². The van der Waals surface area contributed by atoms with Gasteiger partial charge in [0.1, 0.15) is 0 Å². The van der Waals surface area contributed by atoms with Crippen molar-refractivity contribution in [1.29, 1.82) is 0 Å². The maximum atomic E-state index is 10.5. The van der Waals surface area contributed by atoms with Crippen LogP contribution >= 0.6 is 24.0 Å². The van der Waals surface area contributed by atoms with E-state index in [2.05, 4.69) is 22.0 Å². The van der Waals surface area contributed by atoms with E-state index in [-0.39, 0.29) is 30.1 Å². The summed E-state index contributed by atoms with van der Waals surface area (Å²) >= 11 is 0. The number of morpholine rings is 1. The van der Waals surface area contributed by atoms with Crippen LogP contribution in [0.3, 0.4) is 0 Å². The van der Waals surface area contributed by atoms with Gasteiger partial charge in [-0.15, -0.1) is 24.0 Å². The van der Waals surface area contributed by atoms with Crippen LogP contribution in [0.2, 0.25) is 0 Å². The molecule has 0 radical (unpaired) electrons. The highest BCUT2D eigenvalue weighted by atomic mass is 127. The van der Waals surface area contributed by atoms with Crippen molar-refractivity contribution in [2.75, 3.05) is 52.5 Å². The second-order valence-corrected chi connectivity index (χ2v) is 7.70. The molecule has 3 aliphatic rings. The first-order valence-corrected chi connectivity index (χ1v) is 10.3. The summed E-state index contributed by atoms with van der Waals surface area (Å²) in [6, 6.07) is 0.607. The third kappa shape index (κ3) is 6.21. The number of halogens is 1. The Kier molecular flexibility index (Phi) is 9.94. The van der Waals surface area contributed by atoms with Crippen LogP contribution in [0.4, 0.5) is 0 Å². The van der Waals surface area contributed by atoms with Gasteiger partial charge >= 0.3 is 0 Å². The molecule has 2 heterocycles. The van der Waals surface area contributed by atoms with Crippen LogP contribution in [-0.2, 0) is 4.74 Å². The third-order valence-corrected chi connectivity index (χ3v) is 5.98. The number of guanidine groups is 1. The summed E-state index contributed by atoms with van der Waals surface area (Å²) in [6.07, 6.45) is 7.08. The summed E-state index contributed by atoms with van der Waals surface area (Å²) in [4.78, 5) is 9.72. The molecule has 1 aliphatic carbocycles. The fourth-order valence-corrected chi connectivity index (χ4v) is 4.45. The van der Waals surface area contributed by atoms with Gasteiger partial charge in [0.25, 0.3) is 0 Å². The van der Waals surface area contributed by atoms with E-state index >= 15 is 0 Å². The molecule has 6 nitrogen and oxygen atoms in total. The summed E-state index contributed by atoms with van der Waals surface area (Å²) in [6.45, 7) is 9.42. The number of hydrogen-bond acceptors (Lipinski definition) is 4. The van der Waals surface area contributed by atoms with Crippen LogP contribution in [0.25, 0.3) is 0 Å². The maximum absolute atomic E-state index is 10.5. The zero-order valence-electron chi connectivity index (χ0n) is 16.2. The Balaban J connectivity index is 0.00000243. The first-order valence-electron chi connectivity index (χ1n) is 10.3. The Morgan fingerprint density at radius 2 is 1.88 bits per heavy atom. The minimum Gasteiger partial charge on any atom is -0.391 e. The van der Waals surface area contributed by atoms with Crippen LogP contribution in [0.5, 0.6) is 0 Å². The SMILES string of the molecule is CCNC(=NCC(O)C1CCCCC1)N1CCC(N2CCOCC2)C1.I. The first kappa shape index (κ1) is 22.2. The van der Waals surface area contributed by atoms with Gasteiger partial charge in [-0.1, -0.05) is 19.3 Å². The van der Waals surface area contributed by atoms with E-state index in [0.29, 0.717) is 18.5 Å². The first-order chi connectivity index (χ1) is 12.3. The molecule has 152 valence electrons. The number of aliphatic imine (C=N–C) groups is 1. The Bertz CT molecular complexity index is 426. The van der Waals surface area contributed by atoms with Crippen molar-refractivity contribution in [2.24, 2.45) is 10.9 Å². The summed E-state index contributed by atoms with van der Waals surface area (Å²) in [7, 11) is 0. The molecule has 0 bridgehead atoms. The lowest BCUT2D eigenvalue weighted by molar-refractivity contribution is 0.0194. The van der Waals surface area contributed by atoms with Gasteiger partial charge in [0, 0.05) is 38.8 Å². The normalized spacial score (nSPS) is 27.2. The highest BCUT2D eigenvalue weighted by Gasteiger charge is 2.30. The maximum Gasteiger partial charge on any atom is 0.194 e. The predicted octanol–water partition coefficient (Wildman–Crippen LogP) is 1.92. The summed E-state index contributed by atoms with van der Waals surface area (Å²) in [5.41, 5.74) is 0. The van der Waals surface area contributed by atoms with Crippen LogP contribution in [0, 0.1) is 5.92 Å². The second-order valence-electron chi connectivity index (χ2n) is 7.70. The third-order valence-electron chi connectivity index (χ3n) is 5.98. The molecule has 2 N–H and O–H groups in total. The Morgan fingerprint density at radius 1 is 1.15 bits per heavy atom. The molecule has 3 fully saturated rings. The molecule has 0 aromatic heterocycles. The molecular weight excluding hydrogens is 443 g/mol. The Morgan fingerprint density at radius 3 is 2.58 bits per heavy atom. The van der Waals surface area contributed by atoms with Crippen LogP contribution in [-0.4, -0.2) is 85.5 Å². The lowest BCUT2D eigenvalue weighted by Gasteiger charge is -2.32. The average molecular weight is 480 g/mol. The van der Waals surface area contributed by atoms with Crippen molar-refractivity contribution in [3.63, 3.8) is 0 Å². The van der Waals surface area contributed by atoms with E-state index in [9.17, 15) is 5.11 Å². The molecule has 0 spiro atoms. The van der Waals surface area contributed by atoms with E-state index in [1.165, 1.54) is 25.7 Å².